The average Bonchev–Trinajstić information content (AvgIpc) is 3.35. The van der Waals surface area contributed by atoms with Crippen LogP contribution < -0.4 is 0 Å². The fourth-order valence-electron chi connectivity index (χ4n) is 9.02. The second-order valence-corrected chi connectivity index (χ2v) is 20.6. The van der Waals surface area contributed by atoms with Crippen LogP contribution >= 0.6 is 0 Å². The fraction of sp³-hybridized carbons (Fsp3) is 0.857. The molecule has 0 rings (SSSR count). The summed E-state index contributed by atoms with van der Waals surface area (Å²) in [6.45, 7) is 6.65. The molecular weight excluding hydrogens is 853 g/mol. The lowest BCUT2D eigenvalue weighted by Crippen LogP contribution is -2.30. The van der Waals surface area contributed by atoms with Crippen molar-refractivity contribution >= 4 is 17.9 Å². The summed E-state index contributed by atoms with van der Waals surface area (Å²) in [6.07, 6.45) is 69.9. The Morgan fingerprint density at radius 2 is 0.522 bits per heavy atom. The monoisotopic (exact) mass is 969 g/mol. The fourth-order valence-corrected chi connectivity index (χ4v) is 9.02. The highest BCUT2D eigenvalue weighted by molar-refractivity contribution is 5.71. The molecular formula is C63H116O6. The number of unbranched alkanes of at least 4 members (excludes halogenated alkanes) is 40. The van der Waals surface area contributed by atoms with Gasteiger partial charge in [0, 0.05) is 19.3 Å². The highest BCUT2D eigenvalue weighted by Crippen LogP contribution is 2.17. The molecule has 0 N–H and O–H groups in total. The molecule has 1 atom stereocenters. The van der Waals surface area contributed by atoms with Gasteiger partial charge in [-0.25, -0.2) is 0 Å². The van der Waals surface area contributed by atoms with Crippen molar-refractivity contribution in [1.29, 1.82) is 0 Å². The first-order valence-corrected chi connectivity index (χ1v) is 30.5. The number of carbonyl (C=O) groups is 3. The molecule has 0 aliphatic heterocycles. The van der Waals surface area contributed by atoms with E-state index in [1.165, 1.54) is 218 Å². The van der Waals surface area contributed by atoms with Crippen molar-refractivity contribution in [3.63, 3.8) is 0 Å². The molecule has 0 fully saturated rings. The largest absolute Gasteiger partial charge is 0.462 e. The summed E-state index contributed by atoms with van der Waals surface area (Å²) < 4.78 is 16.9. The third-order valence-electron chi connectivity index (χ3n) is 13.6. The van der Waals surface area contributed by atoms with Crippen LogP contribution in [0.4, 0.5) is 0 Å². The summed E-state index contributed by atoms with van der Waals surface area (Å²) in [7, 11) is 0. The van der Waals surface area contributed by atoms with Crippen molar-refractivity contribution in [2.24, 2.45) is 0 Å². The van der Waals surface area contributed by atoms with Crippen LogP contribution in [0, 0.1) is 0 Å². The molecule has 0 aliphatic rings. The second-order valence-electron chi connectivity index (χ2n) is 20.6. The summed E-state index contributed by atoms with van der Waals surface area (Å²) >= 11 is 0. The molecule has 6 nitrogen and oxygen atoms in total. The molecule has 0 saturated heterocycles. The standard InChI is InChI=1S/C63H116O6/c1-4-7-10-13-16-19-22-25-28-30-32-35-38-41-44-47-50-53-56-62(65)68-59-60(58-67-61(64)55-52-49-46-43-40-37-34-27-24-21-18-15-12-9-6-3)69-63(66)57-54-51-48-45-42-39-36-33-31-29-26-23-20-17-14-11-8-5-2/h18,21,24,27,32,35,60H,4-17,19-20,22-23,25-26,28-31,33-34,36-59H2,1-3H3/b21-18-,27-24-,35-32-. The molecule has 0 amide bonds. The third-order valence-corrected chi connectivity index (χ3v) is 13.6. The van der Waals surface area contributed by atoms with Gasteiger partial charge in [-0.1, -0.05) is 276 Å². The maximum absolute atomic E-state index is 12.9. The lowest BCUT2D eigenvalue weighted by molar-refractivity contribution is -0.167. The number of esters is 3. The van der Waals surface area contributed by atoms with Gasteiger partial charge in [-0.2, -0.15) is 0 Å². The van der Waals surface area contributed by atoms with Gasteiger partial charge in [0.1, 0.15) is 13.2 Å². The molecule has 6 heteroatoms. The van der Waals surface area contributed by atoms with Gasteiger partial charge in [0.2, 0.25) is 0 Å². The smallest absolute Gasteiger partial charge is 0.306 e. The normalized spacial score (nSPS) is 12.2. The predicted octanol–water partition coefficient (Wildman–Crippen LogP) is 20.4. The van der Waals surface area contributed by atoms with E-state index in [0.717, 1.165) is 70.6 Å². The van der Waals surface area contributed by atoms with E-state index >= 15 is 0 Å². The molecule has 0 aromatic carbocycles. The van der Waals surface area contributed by atoms with Crippen molar-refractivity contribution in [3.8, 4) is 0 Å². The van der Waals surface area contributed by atoms with Crippen LogP contribution in [0.5, 0.6) is 0 Å². The first-order chi connectivity index (χ1) is 34.0. The van der Waals surface area contributed by atoms with Gasteiger partial charge in [-0.05, 0) is 70.6 Å². The Kier molecular flexibility index (Phi) is 56.2. The molecule has 69 heavy (non-hydrogen) atoms. The van der Waals surface area contributed by atoms with E-state index in [1.54, 1.807) is 0 Å². The highest BCUT2D eigenvalue weighted by atomic mass is 16.6. The molecule has 404 valence electrons. The molecule has 0 aromatic rings. The van der Waals surface area contributed by atoms with Gasteiger partial charge in [0.25, 0.3) is 0 Å². The maximum Gasteiger partial charge on any atom is 0.306 e. The lowest BCUT2D eigenvalue weighted by Gasteiger charge is -2.18. The van der Waals surface area contributed by atoms with Crippen LogP contribution in [0.15, 0.2) is 36.5 Å². The predicted molar refractivity (Wildman–Crippen MR) is 298 cm³/mol. The van der Waals surface area contributed by atoms with E-state index in [2.05, 4.69) is 57.2 Å². The Balaban J connectivity index is 4.35. The van der Waals surface area contributed by atoms with E-state index < -0.39 is 6.10 Å². The SMILES string of the molecule is CCCCC/C=C\C=C/CCCCCCCCC(=O)OCC(COC(=O)CCCCCCC/C=C\CCCCCCCCCCC)OC(=O)CCCCCCCCCCCCCCCCCCCC. The Bertz CT molecular complexity index is 1160. The topological polar surface area (TPSA) is 78.9 Å². The summed E-state index contributed by atoms with van der Waals surface area (Å²) in [6, 6.07) is 0. The molecule has 0 aliphatic carbocycles. The van der Waals surface area contributed by atoms with Gasteiger partial charge in [0.15, 0.2) is 6.10 Å². The number of ether oxygens (including phenoxy) is 3. The van der Waals surface area contributed by atoms with Gasteiger partial charge in [0.05, 0.1) is 0 Å². The van der Waals surface area contributed by atoms with E-state index in [4.69, 9.17) is 14.2 Å². The quantitative estimate of drug-likeness (QED) is 0.0199. The van der Waals surface area contributed by atoms with Crippen LogP contribution in [-0.4, -0.2) is 37.2 Å². The van der Waals surface area contributed by atoms with Crippen LogP contribution in [0.2, 0.25) is 0 Å². The minimum atomic E-state index is -0.778. The number of allylic oxidation sites excluding steroid dienone is 6. The summed E-state index contributed by atoms with van der Waals surface area (Å²) in [4.78, 5) is 38.2. The number of rotatable bonds is 56. The van der Waals surface area contributed by atoms with E-state index in [1.807, 2.05) is 0 Å². The third kappa shape index (κ3) is 56.4. The van der Waals surface area contributed by atoms with Gasteiger partial charge in [-0.15, -0.1) is 0 Å². The van der Waals surface area contributed by atoms with Crippen molar-refractivity contribution in [2.75, 3.05) is 13.2 Å². The summed E-state index contributed by atoms with van der Waals surface area (Å²) in [5.74, 6) is -0.875. The van der Waals surface area contributed by atoms with Crippen molar-refractivity contribution in [1.82, 2.24) is 0 Å². The van der Waals surface area contributed by atoms with Crippen molar-refractivity contribution in [3.05, 3.63) is 36.5 Å². The second kappa shape index (κ2) is 58.2. The number of hydrogen-bond acceptors (Lipinski definition) is 6. The first-order valence-electron chi connectivity index (χ1n) is 30.5. The van der Waals surface area contributed by atoms with E-state index in [-0.39, 0.29) is 31.1 Å². The van der Waals surface area contributed by atoms with Crippen molar-refractivity contribution < 1.29 is 28.6 Å². The Morgan fingerprint density at radius 1 is 0.290 bits per heavy atom. The van der Waals surface area contributed by atoms with Gasteiger partial charge in [-0.3, -0.25) is 14.4 Å². The molecule has 0 radical (unpaired) electrons. The van der Waals surface area contributed by atoms with Crippen LogP contribution in [0.1, 0.15) is 329 Å². The first kappa shape index (κ1) is 66.6. The van der Waals surface area contributed by atoms with E-state index in [0.29, 0.717) is 19.3 Å². The Labute approximate surface area is 429 Å². The summed E-state index contributed by atoms with van der Waals surface area (Å²) in [5, 5.41) is 0. The van der Waals surface area contributed by atoms with Gasteiger partial charge >= 0.3 is 17.9 Å². The summed E-state index contributed by atoms with van der Waals surface area (Å²) in [5.41, 5.74) is 0. The number of hydrogen-bond donors (Lipinski definition) is 0. The minimum Gasteiger partial charge on any atom is -0.462 e. The number of carbonyl (C=O) groups excluding carboxylic acids is 3. The highest BCUT2D eigenvalue weighted by Gasteiger charge is 2.19. The zero-order valence-electron chi connectivity index (χ0n) is 46.3. The molecule has 0 aromatic heterocycles. The van der Waals surface area contributed by atoms with Crippen molar-refractivity contribution in [2.45, 2.75) is 335 Å². The molecule has 0 saturated carbocycles. The maximum atomic E-state index is 12.9. The Morgan fingerprint density at radius 3 is 0.841 bits per heavy atom. The zero-order chi connectivity index (χ0) is 50.0. The zero-order valence-corrected chi connectivity index (χ0v) is 46.3. The molecule has 0 heterocycles. The molecule has 0 bridgehead atoms. The molecule has 0 spiro atoms. The van der Waals surface area contributed by atoms with E-state index in [9.17, 15) is 14.4 Å². The van der Waals surface area contributed by atoms with Crippen LogP contribution in [0.3, 0.4) is 0 Å². The van der Waals surface area contributed by atoms with Crippen LogP contribution in [0.25, 0.3) is 0 Å². The average molecular weight is 970 g/mol. The lowest BCUT2D eigenvalue weighted by atomic mass is 10.0. The minimum absolute atomic E-state index is 0.0766. The Hall–Kier alpha value is -2.37. The molecule has 1 unspecified atom stereocenters. The van der Waals surface area contributed by atoms with Crippen LogP contribution in [-0.2, 0) is 28.6 Å². The van der Waals surface area contributed by atoms with Gasteiger partial charge < -0.3 is 14.2 Å².